The van der Waals surface area contributed by atoms with E-state index in [9.17, 15) is 13.6 Å². The van der Waals surface area contributed by atoms with Crippen LogP contribution in [0.25, 0.3) is 22.0 Å². The summed E-state index contributed by atoms with van der Waals surface area (Å²) in [5.74, 6) is 0.622. The van der Waals surface area contributed by atoms with Crippen molar-refractivity contribution >= 4 is 36.4 Å². The zero-order valence-electron chi connectivity index (χ0n) is 25.4. The average molecular weight is 583 g/mol. The first-order chi connectivity index (χ1) is 20.2. The summed E-state index contributed by atoms with van der Waals surface area (Å²) in [6, 6.07) is 7.54. The third-order valence-electron chi connectivity index (χ3n) is 7.15. The Hall–Kier alpha value is -3.79. The number of carbonyl (C=O) groups excluding carboxylic acids is 1. The lowest BCUT2D eigenvalue weighted by atomic mass is 9.97. The zero-order chi connectivity index (χ0) is 31.1. The number of piperidine rings is 1. The second-order valence-corrected chi connectivity index (χ2v) is 10.6. The second kappa shape index (κ2) is 17.9. The Morgan fingerprint density at radius 1 is 1.14 bits per heavy atom. The molecule has 10 heteroatoms. The van der Waals surface area contributed by atoms with Crippen molar-refractivity contribution in [2.24, 2.45) is 22.0 Å². The first kappa shape index (κ1) is 34.4. The van der Waals surface area contributed by atoms with Crippen LogP contribution in [-0.4, -0.2) is 69.0 Å². The molecule has 1 aliphatic rings. The van der Waals surface area contributed by atoms with E-state index in [2.05, 4.69) is 71.5 Å². The first-order valence-electron chi connectivity index (χ1n) is 14.3. The van der Waals surface area contributed by atoms with Crippen molar-refractivity contribution in [2.45, 2.75) is 53.0 Å². The van der Waals surface area contributed by atoms with Gasteiger partial charge in [0.05, 0.1) is 11.1 Å². The molecule has 228 valence electrons. The minimum atomic E-state index is -0.660. The number of fused-ring (bicyclic) bond motifs is 1. The lowest BCUT2D eigenvalue weighted by Crippen LogP contribution is -2.35. The van der Waals surface area contributed by atoms with E-state index in [1.54, 1.807) is 6.07 Å². The van der Waals surface area contributed by atoms with Gasteiger partial charge < -0.3 is 20.0 Å². The molecule has 2 aromatic carbocycles. The lowest BCUT2D eigenvalue weighted by Gasteiger charge is -2.32. The van der Waals surface area contributed by atoms with Crippen LogP contribution in [0.15, 0.2) is 46.8 Å². The molecule has 1 fully saturated rings. The maximum Gasteiger partial charge on any atom is 0.152 e. The molecule has 0 saturated carbocycles. The van der Waals surface area contributed by atoms with Gasteiger partial charge in [0.1, 0.15) is 30.4 Å². The molecule has 1 atom stereocenters. The van der Waals surface area contributed by atoms with Crippen LogP contribution >= 0.6 is 0 Å². The number of nitrogens with one attached hydrogen (secondary N) is 1. The van der Waals surface area contributed by atoms with Gasteiger partial charge in [-0.15, -0.1) is 5.16 Å². The Morgan fingerprint density at radius 3 is 2.36 bits per heavy atom. The summed E-state index contributed by atoms with van der Waals surface area (Å²) in [5.41, 5.74) is 1.37. The normalized spacial score (nSPS) is 13.9. The van der Waals surface area contributed by atoms with E-state index in [4.69, 9.17) is 4.84 Å². The maximum absolute atomic E-state index is 14.5. The van der Waals surface area contributed by atoms with Gasteiger partial charge in [-0.05, 0) is 68.3 Å². The Bertz CT molecular complexity index is 1300. The number of benzene rings is 2. The molecule has 1 aliphatic heterocycles. The molecule has 0 bridgehead atoms. The van der Waals surface area contributed by atoms with Crippen LogP contribution in [0.1, 0.15) is 57.3 Å². The predicted molar refractivity (Wildman–Crippen MR) is 169 cm³/mol. The molecule has 3 aromatic rings. The third kappa shape index (κ3) is 10.2. The summed E-state index contributed by atoms with van der Waals surface area (Å²) in [5, 5.41) is 7.03. The van der Waals surface area contributed by atoms with Gasteiger partial charge in [-0.25, -0.2) is 18.7 Å². The van der Waals surface area contributed by atoms with Crippen molar-refractivity contribution in [3.05, 3.63) is 53.9 Å². The number of aliphatic imine (C=N–C) groups is 1. The molecule has 1 N–H and O–H groups in total. The number of aldehydes is 1. The fraction of sp³-hybridized carbons (Fsp3) is 0.469. The topological polar surface area (TPSA) is 92.1 Å². The SMILES string of the molecule is C=NCC(C)CC.C=NOCC1CCN(c2ncnc3c(-c4ccc(C=O)c(F)c4)cc(F)cc23)CC1.CNC(C)C. The van der Waals surface area contributed by atoms with Crippen molar-refractivity contribution in [1.29, 1.82) is 0 Å². The van der Waals surface area contributed by atoms with Gasteiger partial charge in [0.25, 0.3) is 0 Å². The number of hydrogen-bond acceptors (Lipinski definition) is 8. The van der Waals surface area contributed by atoms with Crippen LogP contribution in [0.3, 0.4) is 0 Å². The Kier molecular flexibility index (Phi) is 14.7. The summed E-state index contributed by atoms with van der Waals surface area (Å²) in [6.45, 7) is 18.2. The van der Waals surface area contributed by atoms with E-state index in [1.165, 1.54) is 37.0 Å². The molecule has 1 saturated heterocycles. The molecule has 1 unspecified atom stereocenters. The minimum Gasteiger partial charge on any atom is -0.396 e. The molecule has 0 radical (unpaired) electrons. The van der Waals surface area contributed by atoms with E-state index < -0.39 is 11.6 Å². The van der Waals surface area contributed by atoms with Crippen LogP contribution in [0.4, 0.5) is 14.6 Å². The fourth-order valence-corrected chi connectivity index (χ4v) is 4.20. The zero-order valence-corrected chi connectivity index (χ0v) is 25.4. The molecule has 0 aliphatic carbocycles. The largest absolute Gasteiger partial charge is 0.396 e. The van der Waals surface area contributed by atoms with Gasteiger partial charge in [-0.3, -0.25) is 4.79 Å². The van der Waals surface area contributed by atoms with E-state index in [0.717, 1.165) is 38.4 Å². The summed E-state index contributed by atoms with van der Waals surface area (Å²) in [6.07, 6.45) is 4.87. The summed E-state index contributed by atoms with van der Waals surface area (Å²) in [4.78, 5) is 30.6. The highest BCUT2D eigenvalue weighted by atomic mass is 19.1. The van der Waals surface area contributed by atoms with Gasteiger partial charge in [-0.2, -0.15) is 0 Å². The molecule has 42 heavy (non-hydrogen) atoms. The van der Waals surface area contributed by atoms with Crippen LogP contribution in [0.2, 0.25) is 0 Å². The monoisotopic (exact) mass is 582 g/mol. The van der Waals surface area contributed by atoms with Gasteiger partial charge in [-0.1, -0.05) is 40.2 Å². The molecular weight excluding hydrogens is 538 g/mol. The second-order valence-electron chi connectivity index (χ2n) is 10.6. The Balaban J connectivity index is 0.000000434. The number of oxime groups is 1. The predicted octanol–water partition coefficient (Wildman–Crippen LogP) is 6.58. The number of carbonyl (C=O) groups is 1. The van der Waals surface area contributed by atoms with Crippen molar-refractivity contribution < 1.29 is 18.4 Å². The molecular formula is C32H44F2N6O2. The summed E-state index contributed by atoms with van der Waals surface area (Å²) in [7, 11) is 1.95. The standard InChI is InChI=1S/C22H20F2N4O2.C6H13N.C4H11N/c1-25-30-12-14-4-6-28(7-5-14)22-19-10-17(23)9-18(21(19)26-13-27-22)15-2-3-16(11-29)20(24)8-15;1-4-6(2)5-7-3;1-4(2)5-3/h2-3,8-11,13-14H,1,4-7,12H2;6H,3-5H2,1-2H3;4-5H,1-3H3. The van der Waals surface area contributed by atoms with Crippen LogP contribution in [0.5, 0.6) is 0 Å². The van der Waals surface area contributed by atoms with Crippen molar-refractivity contribution in [3.63, 3.8) is 0 Å². The van der Waals surface area contributed by atoms with E-state index >= 15 is 0 Å². The maximum atomic E-state index is 14.5. The third-order valence-corrected chi connectivity index (χ3v) is 7.15. The lowest BCUT2D eigenvalue weighted by molar-refractivity contribution is 0.0991. The summed E-state index contributed by atoms with van der Waals surface area (Å²) >= 11 is 0. The van der Waals surface area contributed by atoms with Gasteiger partial charge >= 0.3 is 0 Å². The van der Waals surface area contributed by atoms with Crippen molar-refractivity contribution in [1.82, 2.24) is 15.3 Å². The molecule has 0 spiro atoms. The smallest absolute Gasteiger partial charge is 0.152 e. The molecule has 8 nitrogen and oxygen atoms in total. The van der Waals surface area contributed by atoms with Crippen LogP contribution < -0.4 is 10.2 Å². The van der Waals surface area contributed by atoms with Crippen LogP contribution in [0, 0.1) is 23.5 Å². The molecule has 2 heterocycles. The molecule has 1 aromatic heterocycles. The van der Waals surface area contributed by atoms with E-state index in [0.29, 0.717) is 52.7 Å². The van der Waals surface area contributed by atoms with Crippen molar-refractivity contribution in [3.8, 4) is 11.1 Å². The minimum absolute atomic E-state index is 0.0479. The Morgan fingerprint density at radius 2 is 1.83 bits per heavy atom. The van der Waals surface area contributed by atoms with Crippen LogP contribution in [-0.2, 0) is 4.84 Å². The first-order valence-corrected chi connectivity index (χ1v) is 14.3. The Labute approximate surface area is 248 Å². The molecule has 4 rings (SSSR count). The highest BCUT2D eigenvalue weighted by molar-refractivity contribution is 5.99. The summed E-state index contributed by atoms with van der Waals surface area (Å²) < 4.78 is 28.7. The fourth-order valence-electron chi connectivity index (χ4n) is 4.20. The van der Waals surface area contributed by atoms with Gasteiger partial charge in [0.2, 0.25) is 0 Å². The number of anilines is 1. The molecule has 0 amide bonds. The number of halogens is 2. The highest BCUT2D eigenvalue weighted by Crippen LogP contribution is 2.34. The van der Waals surface area contributed by atoms with Crippen molar-refractivity contribution in [2.75, 3.05) is 38.2 Å². The highest BCUT2D eigenvalue weighted by Gasteiger charge is 2.23. The quantitative estimate of drug-likeness (QED) is 0.165. The van der Waals surface area contributed by atoms with E-state index in [-0.39, 0.29) is 5.56 Å². The number of aromatic nitrogens is 2. The number of hydrogen-bond donors (Lipinski definition) is 1. The number of nitrogens with zero attached hydrogens (tertiary/aromatic N) is 5. The van der Waals surface area contributed by atoms with Gasteiger partial charge in [0.15, 0.2) is 6.29 Å². The average Bonchev–Trinajstić information content (AvgIpc) is 3.00. The van der Waals surface area contributed by atoms with E-state index in [1.807, 2.05) is 7.05 Å². The number of rotatable bonds is 10. The van der Waals surface area contributed by atoms with Gasteiger partial charge in [0, 0.05) is 43.3 Å².